The first-order chi connectivity index (χ1) is 9.33. The lowest BCUT2D eigenvalue weighted by atomic mass is 10.2. The van der Waals surface area contributed by atoms with Crippen molar-refractivity contribution in [1.82, 2.24) is 5.32 Å². The molecule has 3 nitrogen and oxygen atoms in total. The van der Waals surface area contributed by atoms with E-state index in [0.717, 1.165) is 45.1 Å². The Bertz CT molecular complexity index is 346. The Morgan fingerprint density at radius 3 is 3.05 bits per heavy atom. The maximum atomic E-state index is 11.5. The average molecular weight is 261 g/mol. The molecule has 0 bridgehead atoms. The zero-order chi connectivity index (χ0) is 13.8. The second-order valence-corrected chi connectivity index (χ2v) is 4.62. The van der Waals surface area contributed by atoms with Crippen LogP contribution in [0.5, 0.6) is 0 Å². The van der Waals surface area contributed by atoms with E-state index in [-0.39, 0.29) is 12.0 Å². The summed E-state index contributed by atoms with van der Waals surface area (Å²) in [6.07, 6.45) is 18.8. The molecule has 0 saturated carbocycles. The van der Waals surface area contributed by atoms with Crippen LogP contribution in [0, 0.1) is 12.3 Å². The van der Waals surface area contributed by atoms with Crippen molar-refractivity contribution in [2.45, 2.75) is 44.6 Å². The van der Waals surface area contributed by atoms with Crippen LogP contribution in [-0.4, -0.2) is 25.2 Å². The number of unbranched alkanes of at least 4 members (excludes halogenated alkanes) is 3. The highest BCUT2D eigenvalue weighted by atomic mass is 16.5. The van der Waals surface area contributed by atoms with Crippen LogP contribution in [0.4, 0.5) is 0 Å². The number of carbonyl (C=O) groups excluding carboxylic acids is 1. The smallest absolute Gasteiger partial charge is 0.244 e. The quantitative estimate of drug-likeness (QED) is 0.316. The van der Waals surface area contributed by atoms with Crippen LogP contribution in [0.2, 0.25) is 0 Å². The highest BCUT2D eigenvalue weighted by molar-refractivity contribution is 5.87. The number of allylic oxidation sites excluding steroid dienone is 3. The minimum atomic E-state index is -0.0625. The van der Waals surface area contributed by atoms with Crippen molar-refractivity contribution < 1.29 is 9.53 Å². The number of nitrogens with one attached hydrogen (secondary N) is 1. The summed E-state index contributed by atoms with van der Waals surface area (Å²) in [6, 6.07) is 0. The van der Waals surface area contributed by atoms with Crippen molar-refractivity contribution in [1.29, 1.82) is 0 Å². The van der Waals surface area contributed by atoms with Gasteiger partial charge in [-0.15, -0.1) is 12.3 Å². The van der Waals surface area contributed by atoms with Crippen molar-refractivity contribution in [2.75, 3.05) is 13.2 Å². The SMILES string of the molecule is C#CCCCC/C=C/C=C/C(=O)NCC1CCCO1. The number of carbonyl (C=O) groups is 1. The monoisotopic (exact) mass is 261 g/mol. The number of amides is 1. The first-order valence-corrected chi connectivity index (χ1v) is 6.99. The van der Waals surface area contributed by atoms with Gasteiger partial charge in [-0.3, -0.25) is 4.79 Å². The first-order valence-electron chi connectivity index (χ1n) is 6.99. The summed E-state index contributed by atoms with van der Waals surface area (Å²) in [5, 5.41) is 2.84. The molecule has 1 atom stereocenters. The molecule has 1 unspecified atom stereocenters. The number of hydrogen-bond donors (Lipinski definition) is 1. The first kappa shape index (κ1) is 15.5. The molecule has 3 heteroatoms. The summed E-state index contributed by atoms with van der Waals surface area (Å²) in [6.45, 7) is 1.43. The van der Waals surface area contributed by atoms with Crippen molar-refractivity contribution in [3.05, 3.63) is 24.3 Å². The van der Waals surface area contributed by atoms with E-state index in [9.17, 15) is 4.79 Å². The lowest BCUT2D eigenvalue weighted by Gasteiger charge is -2.08. The molecule has 1 N–H and O–H groups in total. The summed E-state index contributed by atoms with van der Waals surface area (Å²) in [7, 11) is 0. The van der Waals surface area contributed by atoms with Gasteiger partial charge in [-0.1, -0.05) is 18.2 Å². The van der Waals surface area contributed by atoms with Crippen LogP contribution >= 0.6 is 0 Å². The highest BCUT2D eigenvalue weighted by Crippen LogP contribution is 2.10. The van der Waals surface area contributed by atoms with Crippen LogP contribution in [0.1, 0.15) is 38.5 Å². The van der Waals surface area contributed by atoms with E-state index >= 15 is 0 Å². The minimum Gasteiger partial charge on any atom is -0.376 e. The fourth-order valence-corrected chi connectivity index (χ4v) is 1.89. The maximum absolute atomic E-state index is 11.5. The fourth-order valence-electron chi connectivity index (χ4n) is 1.89. The maximum Gasteiger partial charge on any atom is 0.244 e. The second-order valence-electron chi connectivity index (χ2n) is 4.62. The molecule has 0 aromatic carbocycles. The van der Waals surface area contributed by atoms with Gasteiger partial charge in [0.1, 0.15) is 0 Å². The van der Waals surface area contributed by atoms with Gasteiger partial charge in [-0.2, -0.15) is 0 Å². The van der Waals surface area contributed by atoms with Gasteiger partial charge in [0.25, 0.3) is 0 Å². The van der Waals surface area contributed by atoms with E-state index in [1.165, 1.54) is 0 Å². The molecule has 1 saturated heterocycles. The van der Waals surface area contributed by atoms with E-state index < -0.39 is 0 Å². The van der Waals surface area contributed by atoms with Gasteiger partial charge < -0.3 is 10.1 Å². The molecule has 1 fully saturated rings. The van der Waals surface area contributed by atoms with Gasteiger partial charge in [0.2, 0.25) is 5.91 Å². The van der Waals surface area contributed by atoms with Gasteiger partial charge in [-0.25, -0.2) is 0 Å². The van der Waals surface area contributed by atoms with Crippen LogP contribution in [0.3, 0.4) is 0 Å². The van der Waals surface area contributed by atoms with Crippen LogP contribution in [0.25, 0.3) is 0 Å². The molecule has 1 aliphatic rings. The topological polar surface area (TPSA) is 38.3 Å². The van der Waals surface area contributed by atoms with E-state index in [1.807, 2.05) is 6.08 Å². The largest absolute Gasteiger partial charge is 0.376 e. The minimum absolute atomic E-state index is 0.0625. The predicted molar refractivity (Wildman–Crippen MR) is 77.6 cm³/mol. The average Bonchev–Trinajstić information content (AvgIpc) is 2.93. The standard InChI is InChI=1S/C16H23NO2/c1-2-3-4-5-6-7-8-9-12-16(18)17-14-15-11-10-13-19-15/h1,7-9,12,15H,3-6,10-11,13-14H2,(H,17,18)/b8-7+,12-9+. The Balaban J connectivity index is 2.02. The summed E-state index contributed by atoms with van der Waals surface area (Å²) in [4.78, 5) is 11.5. The van der Waals surface area contributed by atoms with Crippen molar-refractivity contribution in [3.63, 3.8) is 0 Å². The molecule has 1 aliphatic heterocycles. The van der Waals surface area contributed by atoms with Gasteiger partial charge in [0.05, 0.1) is 6.10 Å². The Kier molecular flexibility index (Phi) is 8.50. The molecule has 0 aromatic heterocycles. The number of hydrogen-bond acceptors (Lipinski definition) is 2. The Labute approximate surface area is 116 Å². The van der Waals surface area contributed by atoms with E-state index in [2.05, 4.69) is 17.3 Å². The molecule has 0 aromatic rings. The molecule has 0 aliphatic carbocycles. The Hall–Kier alpha value is -1.53. The van der Waals surface area contributed by atoms with Crippen LogP contribution < -0.4 is 5.32 Å². The Morgan fingerprint density at radius 1 is 1.42 bits per heavy atom. The third-order valence-electron chi connectivity index (χ3n) is 2.96. The van der Waals surface area contributed by atoms with Gasteiger partial charge >= 0.3 is 0 Å². The molecule has 0 spiro atoms. The van der Waals surface area contributed by atoms with Crippen molar-refractivity contribution in [2.24, 2.45) is 0 Å². The number of ether oxygens (including phenoxy) is 1. The summed E-state index contributed by atoms with van der Waals surface area (Å²) < 4.78 is 5.43. The predicted octanol–water partition coefficient (Wildman–Crippen LogP) is 2.59. The zero-order valence-electron chi connectivity index (χ0n) is 11.4. The van der Waals surface area contributed by atoms with Crippen molar-refractivity contribution in [3.8, 4) is 12.3 Å². The van der Waals surface area contributed by atoms with E-state index in [1.54, 1.807) is 12.2 Å². The summed E-state index contributed by atoms with van der Waals surface area (Å²) >= 11 is 0. The number of rotatable bonds is 8. The molecular formula is C16H23NO2. The van der Waals surface area contributed by atoms with Gasteiger partial charge in [-0.05, 0) is 32.1 Å². The normalized spacial score (nSPS) is 19.0. The molecule has 1 heterocycles. The Morgan fingerprint density at radius 2 is 2.32 bits per heavy atom. The lowest BCUT2D eigenvalue weighted by Crippen LogP contribution is -2.30. The third kappa shape index (κ3) is 8.23. The van der Waals surface area contributed by atoms with Crippen molar-refractivity contribution >= 4 is 5.91 Å². The summed E-state index contributed by atoms with van der Waals surface area (Å²) in [5.41, 5.74) is 0. The third-order valence-corrected chi connectivity index (χ3v) is 2.96. The van der Waals surface area contributed by atoms with E-state index in [4.69, 9.17) is 11.2 Å². The van der Waals surface area contributed by atoms with E-state index in [0.29, 0.717) is 6.54 Å². The lowest BCUT2D eigenvalue weighted by molar-refractivity contribution is -0.117. The molecule has 1 amide bonds. The zero-order valence-corrected chi connectivity index (χ0v) is 11.4. The number of terminal acetylenes is 1. The van der Waals surface area contributed by atoms with Gasteiger partial charge in [0.15, 0.2) is 0 Å². The van der Waals surface area contributed by atoms with Crippen LogP contribution in [0.15, 0.2) is 24.3 Å². The summed E-state index contributed by atoms with van der Waals surface area (Å²) in [5.74, 6) is 2.56. The second kappa shape index (κ2) is 10.4. The molecule has 19 heavy (non-hydrogen) atoms. The highest BCUT2D eigenvalue weighted by Gasteiger charge is 2.15. The molecule has 0 radical (unpaired) electrons. The van der Waals surface area contributed by atoms with Crippen LogP contribution in [-0.2, 0) is 9.53 Å². The molecule has 104 valence electrons. The molecular weight excluding hydrogens is 238 g/mol. The fraction of sp³-hybridized carbons (Fsp3) is 0.562. The molecule has 1 rings (SSSR count). The van der Waals surface area contributed by atoms with Gasteiger partial charge in [0, 0.05) is 25.6 Å².